The van der Waals surface area contributed by atoms with Gasteiger partial charge in [0.15, 0.2) is 0 Å². The first-order chi connectivity index (χ1) is 12.6. The van der Waals surface area contributed by atoms with E-state index in [0.29, 0.717) is 36.0 Å². The Labute approximate surface area is 157 Å². The molecular formula is C19H20ClN3O3. The summed E-state index contributed by atoms with van der Waals surface area (Å²) in [5.74, 6) is 0.469. The van der Waals surface area contributed by atoms with E-state index in [4.69, 9.17) is 16.3 Å². The summed E-state index contributed by atoms with van der Waals surface area (Å²) in [4.78, 5) is 25.8. The third kappa shape index (κ3) is 4.26. The van der Waals surface area contributed by atoms with E-state index in [1.54, 1.807) is 36.4 Å². The predicted octanol–water partition coefficient (Wildman–Crippen LogP) is 2.93. The zero-order valence-corrected chi connectivity index (χ0v) is 15.2. The number of hydrogen-bond acceptors (Lipinski definition) is 4. The number of benzene rings is 2. The van der Waals surface area contributed by atoms with Crippen LogP contribution in [0, 0.1) is 0 Å². The van der Waals surface area contributed by atoms with Crippen molar-refractivity contribution in [3.05, 3.63) is 53.1 Å². The summed E-state index contributed by atoms with van der Waals surface area (Å²) in [6, 6.07) is 12.2. The molecule has 1 aliphatic heterocycles. The molecule has 7 heteroatoms. The molecule has 136 valence electrons. The first kappa shape index (κ1) is 18.1. The third-order valence-electron chi connectivity index (χ3n) is 4.01. The number of rotatable bonds is 5. The average Bonchev–Trinajstić information content (AvgIpc) is 2.62. The summed E-state index contributed by atoms with van der Waals surface area (Å²) in [7, 11) is 0. The van der Waals surface area contributed by atoms with Gasteiger partial charge in [-0.2, -0.15) is 0 Å². The van der Waals surface area contributed by atoms with Gasteiger partial charge in [0.05, 0.1) is 23.9 Å². The molecular weight excluding hydrogens is 354 g/mol. The average molecular weight is 374 g/mol. The van der Waals surface area contributed by atoms with Crippen LogP contribution in [0.2, 0.25) is 5.02 Å². The Hall–Kier alpha value is -2.73. The van der Waals surface area contributed by atoms with E-state index in [0.717, 1.165) is 11.4 Å². The van der Waals surface area contributed by atoms with Crippen molar-refractivity contribution in [3.63, 3.8) is 0 Å². The van der Waals surface area contributed by atoms with Crippen molar-refractivity contribution in [3.8, 4) is 5.75 Å². The number of nitrogens with one attached hydrogen (secondary N) is 2. The van der Waals surface area contributed by atoms with Crippen molar-refractivity contribution in [1.82, 2.24) is 5.32 Å². The Balaban J connectivity index is 1.69. The molecule has 1 saturated heterocycles. The molecule has 1 heterocycles. The highest BCUT2D eigenvalue weighted by atomic mass is 35.5. The fraction of sp³-hybridized carbons (Fsp3) is 0.263. The molecule has 0 bridgehead atoms. The SMILES string of the molecule is CCOc1ccc(C(=O)Nc2ccc(N3CCNC(=O)C3)c(Cl)c2)cc1. The molecule has 0 spiro atoms. The minimum atomic E-state index is -0.228. The van der Waals surface area contributed by atoms with Gasteiger partial charge >= 0.3 is 0 Å². The molecule has 1 fully saturated rings. The van der Waals surface area contributed by atoms with E-state index in [9.17, 15) is 9.59 Å². The predicted molar refractivity (Wildman–Crippen MR) is 102 cm³/mol. The summed E-state index contributed by atoms with van der Waals surface area (Å²) in [5, 5.41) is 6.10. The third-order valence-corrected chi connectivity index (χ3v) is 4.31. The highest BCUT2D eigenvalue weighted by molar-refractivity contribution is 6.33. The number of carbonyl (C=O) groups is 2. The van der Waals surface area contributed by atoms with Crippen LogP contribution in [0.4, 0.5) is 11.4 Å². The summed E-state index contributed by atoms with van der Waals surface area (Å²) < 4.78 is 5.37. The Kier molecular flexibility index (Phi) is 5.63. The quantitative estimate of drug-likeness (QED) is 0.845. The second-order valence-electron chi connectivity index (χ2n) is 5.85. The van der Waals surface area contributed by atoms with Crippen molar-refractivity contribution in [1.29, 1.82) is 0 Å². The lowest BCUT2D eigenvalue weighted by molar-refractivity contribution is -0.120. The molecule has 1 aliphatic rings. The van der Waals surface area contributed by atoms with Gasteiger partial charge in [0.25, 0.3) is 5.91 Å². The summed E-state index contributed by atoms with van der Waals surface area (Å²) in [6.07, 6.45) is 0. The van der Waals surface area contributed by atoms with Crippen molar-refractivity contribution in [2.45, 2.75) is 6.92 Å². The molecule has 2 aromatic rings. The van der Waals surface area contributed by atoms with E-state index in [1.165, 1.54) is 0 Å². The fourth-order valence-electron chi connectivity index (χ4n) is 2.76. The molecule has 0 radical (unpaired) electrons. The second-order valence-corrected chi connectivity index (χ2v) is 6.26. The Bertz CT molecular complexity index is 808. The van der Waals surface area contributed by atoms with Crippen LogP contribution < -0.4 is 20.3 Å². The maximum atomic E-state index is 12.4. The van der Waals surface area contributed by atoms with Crippen LogP contribution in [0.1, 0.15) is 17.3 Å². The molecule has 0 unspecified atom stereocenters. The molecule has 3 rings (SSSR count). The first-order valence-electron chi connectivity index (χ1n) is 8.42. The maximum Gasteiger partial charge on any atom is 0.255 e. The van der Waals surface area contributed by atoms with Gasteiger partial charge in [-0.1, -0.05) is 11.6 Å². The van der Waals surface area contributed by atoms with Crippen LogP contribution in [0.3, 0.4) is 0 Å². The highest BCUT2D eigenvalue weighted by Crippen LogP contribution is 2.29. The first-order valence-corrected chi connectivity index (χ1v) is 8.80. The molecule has 0 aliphatic carbocycles. The van der Waals surface area contributed by atoms with Gasteiger partial charge in [-0.05, 0) is 49.4 Å². The largest absolute Gasteiger partial charge is 0.494 e. The molecule has 2 aromatic carbocycles. The van der Waals surface area contributed by atoms with Crippen molar-refractivity contribution in [2.24, 2.45) is 0 Å². The molecule has 0 atom stereocenters. The van der Waals surface area contributed by atoms with E-state index in [2.05, 4.69) is 10.6 Å². The zero-order chi connectivity index (χ0) is 18.5. The van der Waals surface area contributed by atoms with Gasteiger partial charge in [0, 0.05) is 24.3 Å². The molecule has 2 N–H and O–H groups in total. The Morgan fingerprint density at radius 1 is 1.27 bits per heavy atom. The number of ether oxygens (including phenoxy) is 1. The lowest BCUT2D eigenvalue weighted by atomic mass is 10.2. The topological polar surface area (TPSA) is 70.7 Å². The fourth-order valence-corrected chi connectivity index (χ4v) is 3.06. The highest BCUT2D eigenvalue weighted by Gasteiger charge is 2.19. The Morgan fingerprint density at radius 3 is 2.69 bits per heavy atom. The van der Waals surface area contributed by atoms with Crippen LogP contribution in [0.5, 0.6) is 5.75 Å². The van der Waals surface area contributed by atoms with Crippen LogP contribution in [-0.4, -0.2) is 38.1 Å². The van der Waals surface area contributed by atoms with Gasteiger partial charge in [-0.25, -0.2) is 0 Å². The number of nitrogens with zero attached hydrogens (tertiary/aromatic N) is 1. The standard InChI is InChI=1S/C19H20ClN3O3/c1-2-26-15-6-3-13(4-7-15)19(25)22-14-5-8-17(16(20)11-14)23-10-9-21-18(24)12-23/h3-8,11H,2,9-10,12H2,1H3,(H,21,24)(H,22,25). The van der Waals surface area contributed by atoms with Crippen LogP contribution >= 0.6 is 11.6 Å². The molecule has 0 saturated carbocycles. The maximum absolute atomic E-state index is 12.4. The minimum Gasteiger partial charge on any atom is -0.494 e. The van der Waals surface area contributed by atoms with Crippen LogP contribution in [0.15, 0.2) is 42.5 Å². The van der Waals surface area contributed by atoms with Crippen molar-refractivity contribution >= 4 is 34.8 Å². The molecule has 0 aromatic heterocycles. The van der Waals surface area contributed by atoms with E-state index >= 15 is 0 Å². The number of piperazine rings is 1. The number of carbonyl (C=O) groups excluding carboxylic acids is 2. The van der Waals surface area contributed by atoms with E-state index < -0.39 is 0 Å². The number of halogens is 1. The van der Waals surface area contributed by atoms with Gasteiger partial charge in [0.1, 0.15) is 5.75 Å². The van der Waals surface area contributed by atoms with E-state index in [-0.39, 0.29) is 18.4 Å². The summed E-state index contributed by atoms with van der Waals surface area (Å²) in [6.45, 7) is 4.05. The summed E-state index contributed by atoms with van der Waals surface area (Å²) >= 11 is 6.35. The van der Waals surface area contributed by atoms with Crippen molar-refractivity contribution in [2.75, 3.05) is 36.5 Å². The minimum absolute atomic E-state index is 0.0276. The molecule has 2 amide bonds. The lowest BCUT2D eigenvalue weighted by Gasteiger charge is -2.29. The number of anilines is 2. The van der Waals surface area contributed by atoms with Gasteiger partial charge in [-0.15, -0.1) is 0 Å². The van der Waals surface area contributed by atoms with Gasteiger partial charge < -0.3 is 20.3 Å². The number of amides is 2. The summed E-state index contributed by atoms with van der Waals surface area (Å²) in [5.41, 5.74) is 1.90. The lowest BCUT2D eigenvalue weighted by Crippen LogP contribution is -2.47. The molecule has 26 heavy (non-hydrogen) atoms. The normalized spacial score (nSPS) is 13.9. The van der Waals surface area contributed by atoms with Crippen molar-refractivity contribution < 1.29 is 14.3 Å². The van der Waals surface area contributed by atoms with Gasteiger partial charge in [-0.3, -0.25) is 9.59 Å². The smallest absolute Gasteiger partial charge is 0.255 e. The number of hydrogen-bond donors (Lipinski definition) is 2. The van der Waals surface area contributed by atoms with E-state index in [1.807, 2.05) is 17.9 Å². The van der Waals surface area contributed by atoms with Gasteiger partial charge in [0.2, 0.25) is 5.91 Å². The molecule has 6 nitrogen and oxygen atoms in total. The van der Waals surface area contributed by atoms with Crippen LogP contribution in [0.25, 0.3) is 0 Å². The van der Waals surface area contributed by atoms with Crippen LogP contribution in [-0.2, 0) is 4.79 Å². The Morgan fingerprint density at radius 2 is 2.04 bits per heavy atom. The zero-order valence-electron chi connectivity index (χ0n) is 14.4. The monoisotopic (exact) mass is 373 g/mol. The second kappa shape index (κ2) is 8.10.